The van der Waals surface area contributed by atoms with E-state index in [4.69, 9.17) is 26.2 Å². The summed E-state index contributed by atoms with van der Waals surface area (Å²) in [4.78, 5) is 5.03. The minimum atomic E-state index is -0.0152. The highest BCUT2D eigenvalue weighted by molar-refractivity contribution is 7.15. The zero-order chi connectivity index (χ0) is 13.1. The van der Waals surface area contributed by atoms with Crippen LogP contribution in [0.3, 0.4) is 0 Å². The van der Waals surface area contributed by atoms with E-state index < -0.39 is 0 Å². The van der Waals surface area contributed by atoms with Crippen LogP contribution in [0.15, 0.2) is 18.3 Å². The van der Waals surface area contributed by atoms with Gasteiger partial charge in [-0.3, -0.25) is 0 Å². The van der Waals surface area contributed by atoms with Gasteiger partial charge in [-0.1, -0.05) is 11.6 Å². The van der Waals surface area contributed by atoms with Gasteiger partial charge in [0.05, 0.1) is 30.7 Å². The number of halogens is 1. The van der Waals surface area contributed by atoms with Gasteiger partial charge >= 0.3 is 0 Å². The van der Waals surface area contributed by atoms with Crippen molar-refractivity contribution in [2.75, 3.05) is 14.2 Å². The van der Waals surface area contributed by atoms with Crippen LogP contribution >= 0.6 is 22.9 Å². The molecule has 0 saturated heterocycles. The minimum absolute atomic E-state index is 0.0152. The molecule has 0 radical (unpaired) electrons. The second-order valence-electron chi connectivity index (χ2n) is 3.48. The quantitative estimate of drug-likeness (QED) is 0.938. The molecule has 0 aliphatic carbocycles. The number of thiazole rings is 1. The van der Waals surface area contributed by atoms with Gasteiger partial charge in [0.15, 0.2) is 11.5 Å². The van der Waals surface area contributed by atoms with E-state index in [0.29, 0.717) is 16.5 Å². The first-order chi connectivity index (χ1) is 8.69. The van der Waals surface area contributed by atoms with Crippen molar-refractivity contribution in [1.82, 2.24) is 4.98 Å². The van der Waals surface area contributed by atoms with E-state index in [1.165, 1.54) is 18.4 Å². The average Bonchev–Trinajstić information content (AvgIpc) is 2.86. The smallest absolute Gasteiger partial charge is 0.179 e. The number of aromatic nitrogens is 1. The second-order valence-corrected chi connectivity index (χ2v) is 5.01. The number of ether oxygens (including phenoxy) is 2. The number of nitrogens with zero attached hydrogens (tertiary/aromatic N) is 1. The summed E-state index contributed by atoms with van der Waals surface area (Å²) in [6.45, 7) is -0.0152. The lowest BCUT2D eigenvalue weighted by molar-refractivity contribution is 0.285. The number of hydrogen-bond donors (Lipinski definition) is 1. The Kier molecular flexibility index (Phi) is 4.06. The van der Waals surface area contributed by atoms with Gasteiger partial charge in [0, 0.05) is 11.8 Å². The molecule has 1 aromatic heterocycles. The molecule has 0 saturated carbocycles. The maximum absolute atomic E-state index is 9.04. The Morgan fingerprint density at radius 2 is 2.11 bits per heavy atom. The highest BCUT2D eigenvalue weighted by Gasteiger charge is 2.13. The molecule has 0 aliphatic heterocycles. The van der Waals surface area contributed by atoms with Gasteiger partial charge in [0.25, 0.3) is 0 Å². The van der Waals surface area contributed by atoms with E-state index in [0.717, 1.165) is 15.4 Å². The van der Waals surface area contributed by atoms with Crippen LogP contribution in [0.5, 0.6) is 11.5 Å². The van der Waals surface area contributed by atoms with E-state index >= 15 is 0 Å². The standard InChI is InChI=1S/C12H12ClNO3S/c1-16-10-4-7(3-9(13)11(10)17-2)12-14-5-8(6-15)18-12/h3-5,15H,6H2,1-2H3. The molecule has 1 N–H and O–H groups in total. The van der Waals surface area contributed by atoms with Gasteiger partial charge in [-0.25, -0.2) is 4.98 Å². The average molecular weight is 286 g/mol. The van der Waals surface area contributed by atoms with Crippen molar-refractivity contribution in [2.24, 2.45) is 0 Å². The van der Waals surface area contributed by atoms with E-state index in [1.807, 2.05) is 6.07 Å². The molecule has 2 aromatic rings. The van der Waals surface area contributed by atoms with Gasteiger partial charge in [0.2, 0.25) is 0 Å². The fourth-order valence-corrected chi connectivity index (χ4v) is 2.60. The zero-order valence-electron chi connectivity index (χ0n) is 9.94. The maximum atomic E-state index is 9.04. The molecule has 0 unspecified atom stereocenters. The molecule has 0 fully saturated rings. The fourth-order valence-electron chi connectivity index (χ4n) is 1.56. The lowest BCUT2D eigenvalue weighted by atomic mass is 10.2. The van der Waals surface area contributed by atoms with Gasteiger partial charge in [-0.15, -0.1) is 11.3 Å². The predicted molar refractivity (Wildman–Crippen MR) is 71.6 cm³/mol. The molecule has 18 heavy (non-hydrogen) atoms. The van der Waals surface area contributed by atoms with Crippen LogP contribution in [-0.4, -0.2) is 24.3 Å². The van der Waals surface area contributed by atoms with E-state index in [2.05, 4.69) is 4.98 Å². The summed E-state index contributed by atoms with van der Waals surface area (Å²) >= 11 is 7.54. The van der Waals surface area contributed by atoms with Crippen molar-refractivity contribution in [1.29, 1.82) is 0 Å². The van der Waals surface area contributed by atoms with E-state index in [9.17, 15) is 0 Å². The van der Waals surface area contributed by atoms with Crippen LogP contribution in [0.2, 0.25) is 5.02 Å². The normalized spacial score (nSPS) is 10.4. The van der Waals surface area contributed by atoms with Crippen LogP contribution in [0.25, 0.3) is 10.6 Å². The number of hydrogen-bond acceptors (Lipinski definition) is 5. The van der Waals surface area contributed by atoms with E-state index in [1.54, 1.807) is 19.4 Å². The molecule has 0 amide bonds. The molecule has 96 valence electrons. The monoisotopic (exact) mass is 285 g/mol. The molecule has 0 aliphatic rings. The third kappa shape index (κ3) is 2.43. The summed E-state index contributed by atoms with van der Waals surface area (Å²) in [7, 11) is 3.09. The van der Waals surface area contributed by atoms with Crippen molar-refractivity contribution in [3.8, 4) is 22.1 Å². The molecule has 1 heterocycles. The number of aliphatic hydroxyl groups is 1. The Morgan fingerprint density at radius 1 is 1.33 bits per heavy atom. The molecule has 0 bridgehead atoms. The topological polar surface area (TPSA) is 51.6 Å². The van der Waals surface area contributed by atoms with Crippen molar-refractivity contribution < 1.29 is 14.6 Å². The van der Waals surface area contributed by atoms with Crippen molar-refractivity contribution >= 4 is 22.9 Å². The zero-order valence-corrected chi connectivity index (χ0v) is 11.5. The Bertz CT molecular complexity index is 556. The molecule has 2 rings (SSSR count). The van der Waals surface area contributed by atoms with Crippen LogP contribution in [-0.2, 0) is 6.61 Å². The Morgan fingerprint density at radius 3 is 2.67 bits per heavy atom. The van der Waals surface area contributed by atoms with Gasteiger partial charge in [0.1, 0.15) is 5.01 Å². The molecule has 0 atom stereocenters. The summed E-state index contributed by atoms with van der Waals surface area (Å²) in [5, 5.41) is 10.3. The van der Waals surface area contributed by atoms with Crippen molar-refractivity contribution in [3.63, 3.8) is 0 Å². The fraction of sp³-hybridized carbons (Fsp3) is 0.250. The van der Waals surface area contributed by atoms with Crippen LogP contribution in [0.1, 0.15) is 4.88 Å². The number of methoxy groups -OCH3 is 2. The van der Waals surface area contributed by atoms with Crippen LogP contribution in [0, 0.1) is 0 Å². The lowest BCUT2D eigenvalue weighted by Gasteiger charge is -2.10. The molecule has 4 nitrogen and oxygen atoms in total. The molecule has 6 heteroatoms. The van der Waals surface area contributed by atoms with Crippen LogP contribution in [0.4, 0.5) is 0 Å². The van der Waals surface area contributed by atoms with Crippen LogP contribution < -0.4 is 9.47 Å². The lowest BCUT2D eigenvalue weighted by Crippen LogP contribution is -1.92. The molecule has 1 aromatic carbocycles. The van der Waals surface area contributed by atoms with Gasteiger partial charge < -0.3 is 14.6 Å². The number of benzene rings is 1. The second kappa shape index (κ2) is 5.56. The Labute approximate surface area is 114 Å². The summed E-state index contributed by atoms with van der Waals surface area (Å²) in [5.41, 5.74) is 0.836. The van der Waals surface area contributed by atoms with Crippen molar-refractivity contribution in [3.05, 3.63) is 28.2 Å². The third-order valence-electron chi connectivity index (χ3n) is 2.39. The molecule has 0 spiro atoms. The maximum Gasteiger partial charge on any atom is 0.179 e. The highest BCUT2D eigenvalue weighted by Crippen LogP contribution is 2.39. The number of aliphatic hydroxyl groups excluding tert-OH is 1. The SMILES string of the molecule is COc1cc(-c2ncc(CO)s2)cc(Cl)c1OC. The summed E-state index contributed by atoms with van der Waals surface area (Å²) in [6, 6.07) is 3.58. The summed E-state index contributed by atoms with van der Waals surface area (Å²) in [5.74, 6) is 1.06. The first-order valence-electron chi connectivity index (χ1n) is 5.17. The molecular formula is C12H12ClNO3S. The van der Waals surface area contributed by atoms with Crippen molar-refractivity contribution in [2.45, 2.75) is 6.61 Å². The summed E-state index contributed by atoms with van der Waals surface area (Å²) in [6.07, 6.45) is 1.64. The van der Waals surface area contributed by atoms with E-state index in [-0.39, 0.29) is 6.61 Å². The highest BCUT2D eigenvalue weighted by atomic mass is 35.5. The summed E-state index contributed by atoms with van der Waals surface area (Å²) < 4.78 is 10.4. The predicted octanol–water partition coefficient (Wildman–Crippen LogP) is 2.97. The number of rotatable bonds is 4. The van der Waals surface area contributed by atoms with Gasteiger partial charge in [-0.05, 0) is 12.1 Å². The molecular weight excluding hydrogens is 274 g/mol. The first-order valence-corrected chi connectivity index (χ1v) is 6.36. The largest absolute Gasteiger partial charge is 0.493 e. The third-order valence-corrected chi connectivity index (χ3v) is 3.70. The Hall–Kier alpha value is -1.30. The first kappa shape index (κ1) is 13.1. The van der Waals surface area contributed by atoms with Gasteiger partial charge in [-0.2, -0.15) is 0 Å². The minimum Gasteiger partial charge on any atom is -0.493 e. The Balaban J connectivity index is 2.48.